The van der Waals surface area contributed by atoms with Crippen molar-refractivity contribution in [3.63, 3.8) is 0 Å². The fourth-order valence-electron chi connectivity index (χ4n) is 3.63. The average Bonchev–Trinajstić information content (AvgIpc) is 3.38. The normalized spacial score (nSPS) is 13.5. The number of methoxy groups -OCH3 is 3. The minimum atomic E-state index is -0.124. The molecular formula is C24H25N3O5S. The maximum absolute atomic E-state index is 13.0. The molecule has 4 rings (SSSR count). The number of amides is 2. The summed E-state index contributed by atoms with van der Waals surface area (Å²) in [6, 6.07) is 12.7. The van der Waals surface area contributed by atoms with Gasteiger partial charge in [0.05, 0.1) is 21.3 Å². The molecule has 0 spiro atoms. The second-order valence-corrected chi connectivity index (χ2v) is 8.31. The zero-order valence-corrected chi connectivity index (χ0v) is 19.6. The number of benzene rings is 2. The van der Waals surface area contributed by atoms with E-state index in [9.17, 15) is 9.59 Å². The number of aromatic nitrogens is 1. The summed E-state index contributed by atoms with van der Waals surface area (Å²) >= 11 is 1.43. The molecule has 1 fully saturated rings. The van der Waals surface area contributed by atoms with Crippen molar-refractivity contribution in [2.75, 3.05) is 47.5 Å². The van der Waals surface area contributed by atoms with Gasteiger partial charge in [-0.25, -0.2) is 4.98 Å². The van der Waals surface area contributed by atoms with Gasteiger partial charge in [-0.2, -0.15) is 0 Å². The van der Waals surface area contributed by atoms with Crippen LogP contribution in [0.15, 0.2) is 47.8 Å². The summed E-state index contributed by atoms with van der Waals surface area (Å²) in [5, 5.41) is 2.56. The quantitative estimate of drug-likeness (QED) is 0.553. The fraction of sp³-hybridized carbons (Fsp3) is 0.292. The molecule has 2 amide bonds. The van der Waals surface area contributed by atoms with E-state index in [0.717, 1.165) is 16.3 Å². The lowest BCUT2D eigenvalue weighted by atomic mass is 10.1. The van der Waals surface area contributed by atoms with Crippen LogP contribution >= 0.6 is 11.3 Å². The first-order chi connectivity index (χ1) is 16.0. The van der Waals surface area contributed by atoms with E-state index < -0.39 is 0 Å². The second kappa shape index (κ2) is 9.91. The minimum absolute atomic E-state index is 0.116. The Morgan fingerprint density at radius 1 is 0.788 bits per heavy atom. The molecule has 2 aromatic carbocycles. The number of piperazine rings is 1. The first-order valence-corrected chi connectivity index (χ1v) is 11.3. The van der Waals surface area contributed by atoms with Crippen LogP contribution in [0, 0.1) is 0 Å². The van der Waals surface area contributed by atoms with Gasteiger partial charge < -0.3 is 24.0 Å². The van der Waals surface area contributed by atoms with Crippen molar-refractivity contribution in [3.8, 4) is 27.8 Å². The van der Waals surface area contributed by atoms with Crippen molar-refractivity contribution in [1.82, 2.24) is 14.8 Å². The molecule has 1 aliphatic heterocycles. The Morgan fingerprint density at radius 3 is 1.88 bits per heavy atom. The lowest BCUT2D eigenvalue weighted by Crippen LogP contribution is -2.50. The highest BCUT2D eigenvalue weighted by Gasteiger charge is 2.27. The van der Waals surface area contributed by atoms with Gasteiger partial charge in [0.25, 0.3) is 11.8 Å². The third-order valence-electron chi connectivity index (χ3n) is 5.51. The third kappa shape index (κ3) is 4.93. The molecule has 1 aliphatic rings. The number of ether oxygens (including phenoxy) is 3. The SMILES string of the molecule is COc1ccc(-c2nc(C(=O)N3CCN(C(=O)c4cc(OC)cc(OC)c4)CC3)cs2)cc1. The van der Waals surface area contributed by atoms with Gasteiger partial charge in [0.1, 0.15) is 28.0 Å². The Hall–Kier alpha value is -3.59. The van der Waals surface area contributed by atoms with Crippen LogP contribution in [0.5, 0.6) is 17.2 Å². The number of carbonyl (C=O) groups is 2. The second-order valence-electron chi connectivity index (χ2n) is 7.45. The molecule has 1 aromatic heterocycles. The van der Waals surface area contributed by atoms with Gasteiger partial charge in [0.2, 0.25) is 0 Å². The highest BCUT2D eigenvalue weighted by Crippen LogP contribution is 2.27. The topological polar surface area (TPSA) is 81.2 Å². The van der Waals surface area contributed by atoms with Gasteiger partial charge in [0.15, 0.2) is 0 Å². The molecule has 3 aromatic rings. The summed E-state index contributed by atoms with van der Waals surface area (Å²) in [5.41, 5.74) is 1.85. The van der Waals surface area contributed by atoms with Gasteiger partial charge in [-0.1, -0.05) is 0 Å². The first kappa shape index (κ1) is 22.6. The summed E-state index contributed by atoms with van der Waals surface area (Å²) in [6.07, 6.45) is 0. The summed E-state index contributed by atoms with van der Waals surface area (Å²) in [7, 11) is 4.72. The number of thiazole rings is 1. The van der Waals surface area contributed by atoms with Crippen molar-refractivity contribution >= 4 is 23.2 Å². The number of rotatable bonds is 6. The van der Waals surface area contributed by atoms with Crippen LogP contribution in [0.1, 0.15) is 20.8 Å². The summed E-state index contributed by atoms with van der Waals surface area (Å²) in [4.78, 5) is 34.0. The molecule has 0 radical (unpaired) electrons. The van der Waals surface area contributed by atoms with Crippen molar-refractivity contribution in [2.24, 2.45) is 0 Å². The van der Waals surface area contributed by atoms with Crippen molar-refractivity contribution in [1.29, 1.82) is 0 Å². The maximum atomic E-state index is 13.0. The van der Waals surface area contributed by atoms with Gasteiger partial charge in [-0.15, -0.1) is 11.3 Å². The van der Waals surface area contributed by atoms with Crippen molar-refractivity contribution in [3.05, 3.63) is 59.1 Å². The summed E-state index contributed by atoms with van der Waals surface area (Å²) in [6.45, 7) is 1.78. The van der Waals surface area contributed by atoms with Gasteiger partial charge in [-0.05, 0) is 36.4 Å². The van der Waals surface area contributed by atoms with E-state index >= 15 is 0 Å². The third-order valence-corrected chi connectivity index (χ3v) is 6.40. The lowest BCUT2D eigenvalue weighted by molar-refractivity contribution is 0.0532. The molecule has 33 heavy (non-hydrogen) atoms. The number of hydrogen-bond donors (Lipinski definition) is 0. The van der Waals surface area contributed by atoms with Crippen LogP contribution in [0.4, 0.5) is 0 Å². The van der Waals surface area contributed by atoms with E-state index in [-0.39, 0.29) is 11.8 Å². The molecule has 8 nitrogen and oxygen atoms in total. The Kier molecular flexibility index (Phi) is 6.79. The fourth-order valence-corrected chi connectivity index (χ4v) is 4.43. The number of nitrogens with zero attached hydrogens (tertiary/aromatic N) is 3. The monoisotopic (exact) mass is 467 g/mol. The van der Waals surface area contributed by atoms with Crippen LogP contribution in [0.2, 0.25) is 0 Å². The Morgan fingerprint density at radius 2 is 1.33 bits per heavy atom. The molecule has 0 unspecified atom stereocenters. The molecule has 0 bridgehead atoms. The largest absolute Gasteiger partial charge is 0.497 e. The number of hydrogen-bond acceptors (Lipinski definition) is 7. The molecular weight excluding hydrogens is 442 g/mol. The van der Waals surface area contributed by atoms with Crippen molar-refractivity contribution < 1.29 is 23.8 Å². The highest BCUT2D eigenvalue weighted by molar-refractivity contribution is 7.13. The smallest absolute Gasteiger partial charge is 0.273 e. The van der Waals surface area contributed by atoms with Gasteiger partial charge >= 0.3 is 0 Å². The van der Waals surface area contributed by atoms with Gasteiger partial charge in [0, 0.05) is 48.8 Å². The molecule has 0 N–H and O–H groups in total. The summed E-state index contributed by atoms with van der Waals surface area (Å²) in [5.74, 6) is 1.65. The highest BCUT2D eigenvalue weighted by atomic mass is 32.1. The molecule has 172 valence electrons. The van der Waals surface area contributed by atoms with Crippen LogP contribution < -0.4 is 14.2 Å². The maximum Gasteiger partial charge on any atom is 0.273 e. The standard InChI is InChI=1S/C24H25N3O5S/c1-30-18-6-4-16(5-7-18)22-25-21(15-33-22)24(29)27-10-8-26(9-11-27)23(28)17-12-19(31-2)14-20(13-17)32-3/h4-7,12-15H,8-11H2,1-3H3. The minimum Gasteiger partial charge on any atom is -0.497 e. The zero-order valence-electron chi connectivity index (χ0n) is 18.7. The first-order valence-electron chi connectivity index (χ1n) is 10.4. The predicted molar refractivity (Wildman–Crippen MR) is 125 cm³/mol. The summed E-state index contributed by atoms with van der Waals surface area (Å²) < 4.78 is 15.7. The predicted octanol–water partition coefficient (Wildman–Crippen LogP) is 3.43. The number of carbonyl (C=O) groups excluding carboxylic acids is 2. The molecule has 0 atom stereocenters. The van der Waals surface area contributed by atoms with Gasteiger partial charge in [-0.3, -0.25) is 9.59 Å². The molecule has 9 heteroatoms. The van der Waals surface area contributed by atoms with E-state index in [1.807, 2.05) is 24.3 Å². The molecule has 2 heterocycles. The van der Waals surface area contributed by atoms with E-state index in [2.05, 4.69) is 4.98 Å². The molecule has 1 saturated heterocycles. The molecule has 0 aliphatic carbocycles. The van der Waals surface area contributed by atoms with Crippen LogP contribution in [-0.4, -0.2) is 74.1 Å². The lowest BCUT2D eigenvalue weighted by Gasteiger charge is -2.34. The Bertz CT molecular complexity index is 1120. The molecule has 0 saturated carbocycles. The zero-order chi connectivity index (χ0) is 23.4. The van der Waals surface area contributed by atoms with Crippen LogP contribution in [-0.2, 0) is 0 Å². The average molecular weight is 468 g/mol. The van der Waals surface area contributed by atoms with Crippen molar-refractivity contribution in [2.45, 2.75) is 0 Å². The van der Waals surface area contributed by atoms with Crippen LogP contribution in [0.3, 0.4) is 0 Å². The Balaban J connectivity index is 1.39. The van der Waals surface area contributed by atoms with E-state index in [1.165, 1.54) is 11.3 Å². The van der Waals surface area contributed by atoms with E-state index in [4.69, 9.17) is 14.2 Å². The Labute approximate surface area is 196 Å². The van der Waals surface area contributed by atoms with E-state index in [0.29, 0.717) is 48.9 Å². The van der Waals surface area contributed by atoms with Crippen LogP contribution in [0.25, 0.3) is 10.6 Å². The van der Waals surface area contributed by atoms with E-state index in [1.54, 1.807) is 54.7 Å².